The number of aromatic nitrogens is 4. The lowest BCUT2D eigenvalue weighted by atomic mass is 10.0. The summed E-state index contributed by atoms with van der Waals surface area (Å²) >= 11 is 0. The number of nitrogens with zero attached hydrogens (tertiary/aromatic N) is 7. The Kier molecular flexibility index (Phi) is 11.6. The number of phenols is 2. The molecule has 0 aliphatic carbocycles. The summed E-state index contributed by atoms with van der Waals surface area (Å²) in [5.41, 5.74) is 6.21. The van der Waals surface area contributed by atoms with Crippen LogP contribution in [0.1, 0.15) is 58.0 Å². The molecule has 50 heavy (non-hydrogen) atoms. The first-order chi connectivity index (χ1) is 24.5. The monoisotopic (exact) mass is 663 g/mol. The van der Waals surface area contributed by atoms with Gasteiger partial charge in [-0.05, 0) is 67.1 Å². The summed E-state index contributed by atoms with van der Waals surface area (Å²) in [6, 6.07) is 35.1. The molecule has 0 unspecified atom stereocenters. The third-order valence-electron chi connectivity index (χ3n) is 8.42. The zero-order chi connectivity index (χ0) is 34.5. The fourth-order valence-corrected chi connectivity index (χ4v) is 5.87. The molecule has 0 bridgehead atoms. The second kappa shape index (κ2) is 17.1. The smallest absolute Gasteiger partial charge is 0.132 e. The first-order valence-corrected chi connectivity index (χ1v) is 16.7. The lowest BCUT2D eigenvalue weighted by molar-refractivity contribution is 0.228. The molecule has 0 aliphatic rings. The lowest BCUT2D eigenvalue weighted by Gasteiger charge is -2.26. The second-order valence-electron chi connectivity index (χ2n) is 12.2. The number of pyridine rings is 4. The Hall–Kier alpha value is -5.77. The minimum atomic E-state index is -0.133. The van der Waals surface area contributed by atoms with E-state index in [1.54, 1.807) is 31.0 Å². The molecule has 6 rings (SSSR count). The topological polar surface area (TPSA) is 111 Å². The van der Waals surface area contributed by atoms with Crippen LogP contribution in [0.4, 0.5) is 0 Å². The average molecular weight is 664 g/mol. The third-order valence-corrected chi connectivity index (χ3v) is 8.42. The predicted molar refractivity (Wildman–Crippen MR) is 195 cm³/mol. The molecule has 9 heteroatoms. The van der Waals surface area contributed by atoms with Gasteiger partial charge in [-0.1, -0.05) is 54.6 Å². The van der Waals surface area contributed by atoms with Crippen molar-refractivity contribution in [3.8, 4) is 11.5 Å². The molecule has 252 valence electrons. The lowest BCUT2D eigenvalue weighted by Crippen LogP contribution is -2.25. The number of rotatable bonds is 15. The molecule has 0 amide bonds. The van der Waals surface area contributed by atoms with Crippen LogP contribution in [0.2, 0.25) is 0 Å². The van der Waals surface area contributed by atoms with Gasteiger partial charge in [-0.2, -0.15) is 0 Å². The number of phenolic OH excluding ortho intramolecular Hbond substituents is 2. The van der Waals surface area contributed by atoms with Gasteiger partial charge in [0.2, 0.25) is 0 Å². The van der Waals surface area contributed by atoms with Crippen LogP contribution in [-0.2, 0) is 39.3 Å². The second-order valence-corrected chi connectivity index (χ2v) is 12.2. The molecule has 4 heterocycles. The molecular weight excluding hydrogens is 622 g/mol. The summed E-state index contributed by atoms with van der Waals surface area (Å²) in [5, 5.41) is 23.8. The van der Waals surface area contributed by atoms with E-state index in [0.29, 0.717) is 49.4 Å². The maximum atomic E-state index is 12.0. The molecule has 2 N–H and O–H groups in total. The van der Waals surface area contributed by atoms with Gasteiger partial charge in [0.05, 0.1) is 34.4 Å². The largest absolute Gasteiger partial charge is 0.507 e. The van der Waals surface area contributed by atoms with Crippen molar-refractivity contribution in [2.24, 2.45) is 4.99 Å². The molecule has 0 saturated carbocycles. The van der Waals surface area contributed by atoms with E-state index in [1.165, 1.54) is 0 Å². The van der Waals surface area contributed by atoms with Crippen molar-refractivity contribution in [3.05, 3.63) is 179 Å². The molecule has 0 radical (unpaired) electrons. The van der Waals surface area contributed by atoms with Crippen LogP contribution in [0.5, 0.6) is 11.5 Å². The van der Waals surface area contributed by atoms with Gasteiger partial charge in [-0.15, -0.1) is 0 Å². The predicted octanol–water partition coefficient (Wildman–Crippen LogP) is 7.26. The molecule has 0 spiro atoms. The van der Waals surface area contributed by atoms with Crippen LogP contribution in [-0.4, -0.2) is 46.2 Å². The van der Waals surface area contributed by atoms with Gasteiger partial charge in [-0.25, -0.2) is 0 Å². The summed E-state index contributed by atoms with van der Waals surface area (Å²) < 4.78 is 0. The molecule has 9 nitrogen and oxygen atoms in total. The van der Waals surface area contributed by atoms with Crippen molar-refractivity contribution in [3.63, 3.8) is 0 Å². The number of aromatic hydroxyl groups is 2. The summed E-state index contributed by atoms with van der Waals surface area (Å²) in [7, 11) is 0. The van der Waals surface area contributed by atoms with Crippen molar-refractivity contribution >= 4 is 6.21 Å². The van der Waals surface area contributed by atoms with Gasteiger partial charge in [0, 0.05) is 81.4 Å². The van der Waals surface area contributed by atoms with Crippen LogP contribution in [0, 0.1) is 0 Å². The van der Waals surface area contributed by atoms with Crippen molar-refractivity contribution < 1.29 is 10.2 Å². The van der Waals surface area contributed by atoms with Gasteiger partial charge in [0.1, 0.15) is 11.5 Å². The molecule has 0 fully saturated rings. The van der Waals surface area contributed by atoms with E-state index in [0.717, 1.165) is 28.3 Å². The van der Waals surface area contributed by atoms with Gasteiger partial charge in [0.15, 0.2) is 0 Å². The molecule has 0 saturated heterocycles. The summed E-state index contributed by atoms with van der Waals surface area (Å²) in [6.07, 6.45) is 8.81. The summed E-state index contributed by atoms with van der Waals surface area (Å²) in [4.78, 5) is 27.4. The quantitative estimate of drug-likeness (QED) is 0.111. The maximum absolute atomic E-state index is 12.0. The minimum Gasteiger partial charge on any atom is -0.507 e. The van der Waals surface area contributed by atoms with Crippen LogP contribution >= 0.6 is 0 Å². The number of hydrogen-bond acceptors (Lipinski definition) is 9. The highest BCUT2D eigenvalue weighted by atomic mass is 16.3. The minimum absolute atomic E-state index is 0.0108. The van der Waals surface area contributed by atoms with Gasteiger partial charge >= 0.3 is 0 Å². The van der Waals surface area contributed by atoms with E-state index in [4.69, 9.17) is 4.99 Å². The standard InChI is InChI=1S/C41H41N7O2/c1-31(32-13-3-2-4-14-32)46-24-33-23-34(25-47(26-35-15-5-9-19-42-35)27-36-16-6-10-20-43-36)41(50)39(40(33)49)30-48(28-37-17-7-11-21-44-37)29-38-18-8-12-22-45-38/h2-24,31,49-50H,25-30H2,1H3/t31-/m1/s1. The Balaban J connectivity index is 1.39. The SMILES string of the molecule is C[C@@H](N=Cc1cc(CN(Cc2ccccn2)Cc2ccccn2)c(O)c(CN(Cc2ccccn2)Cc2ccccn2)c1O)c1ccccc1. The van der Waals surface area contributed by atoms with E-state index in [9.17, 15) is 10.2 Å². The zero-order valence-electron chi connectivity index (χ0n) is 28.1. The normalized spacial score (nSPS) is 12.1. The molecule has 0 aliphatic heterocycles. The van der Waals surface area contributed by atoms with Crippen LogP contribution in [0.3, 0.4) is 0 Å². The molecule has 4 aromatic heterocycles. The Morgan fingerprint density at radius 2 is 1.00 bits per heavy atom. The van der Waals surface area contributed by atoms with Crippen molar-refractivity contribution in [2.45, 2.75) is 52.2 Å². The van der Waals surface area contributed by atoms with Gasteiger partial charge < -0.3 is 10.2 Å². The zero-order valence-corrected chi connectivity index (χ0v) is 28.1. The van der Waals surface area contributed by atoms with Gasteiger partial charge in [-0.3, -0.25) is 34.7 Å². The summed E-state index contributed by atoms with van der Waals surface area (Å²) in [6.45, 7) is 4.69. The number of aliphatic imine (C=N–C) groups is 1. The van der Waals surface area contributed by atoms with Gasteiger partial charge in [0.25, 0.3) is 0 Å². The number of benzene rings is 2. The molecule has 1 atom stereocenters. The Bertz CT molecular complexity index is 1860. The Morgan fingerprint density at radius 1 is 0.560 bits per heavy atom. The van der Waals surface area contributed by atoms with E-state index in [-0.39, 0.29) is 24.1 Å². The Morgan fingerprint density at radius 3 is 1.44 bits per heavy atom. The van der Waals surface area contributed by atoms with Crippen molar-refractivity contribution in [1.29, 1.82) is 0 Å². The molecule has 2 aromatic carbocycles. The maximum Gasteiger partial charge on any atom is 0.132 e. The Labute approximate surface area is 293 Å². The van der Waals surface area contributed by atoms with Crippen LogP contribution in [0.15, 0.2) is 139 Å². The van der Waals surface area contributed by atoms with E-state index in [2.05, 4.69) is 29.7 Å². The third kappa shape index (κ3) is 9.43. The van der Waals surface area contributed by atoms with E-state index >= 15 is 0 Å². The number of hydrogen-bond donors (Lipinski definition) is 2. The van der Waals surface area contributed by atoms with Crippen LogP contribution < -0.4 is 0 Å². The highest BCUT2D eigenvalue weighted by Crippen LogP contribution is 2.37. The highest BCUT2D eigenvalue weighted by Gasteiger charge is 2.22. The summed E-state index contributed by atoms with van der Waals surface area (Å²) in [5.74, 6) is 0.0261. The van der Waals surface area contributed by atoms with E-state index < -0.39 is 0 Å². The molecule has 6 aromatic rings. The van der Waals surface area contributed by atoms with Crippen LogP contribution in [0.25, 0.3) is 0 Å². The molecular formula is C41H41N7O2. The van der Waals surface area contributed by atoms with Crippen molar-refractivity contribution in [2.75, 3.05) is 0 Å². The highest BCUT2D eigenvalue weighted by molar-refractivity contribution is 5.85. The van der Waals surface area contributed by atoms with Crippen molar-refractivity contribution in [1.82, 2.24) is 29.7 Å². The van der Waals surface area contributed by atoms with E-state index in [1.807, 2.05) is 116 Å². The average Bonchev–Trinajstić information content (AvgIpc) is 3.16. The fourth-order valence-electron chi connectivity index (χ4n) is 5.87. The fraction of sp³-hybridized carbons (Fsp3) is 0.195. The first kappa shape index (κ1) is 34.1. The first-order valence-electron chi connectivity index (χ1n) is 16.7.